The monoisotopic (exact) mass is 309 g/mol. The summed E-state index contributed by atoms with van der Waals surface area (Å²) in [6.45, 7) is 0. The average Bonchev–Trinajstić information content (AvgIpc) is 2.91. The standard InChI is InChI=1S/C13H12ClN3O2S/c14-9-6-8(15)3-4-11(9)20-7-12(18)17-13(19)10-2-1-5-16-10/h1-6,16H,7,15H2,(H,17,18,19). The number of thioether (sulfide) groups is 1. The zero-order valence-electron chi connectivity index (χ0n) is 10.4. The molecule has 0 fully saturated rings. The van der Waals surface area contributed by atoms with Gasteiger partial charge in [-0.05, 0) is 30.3 Å². The lowest BCUT2D eigenvalue weighted by molar-refractivity contribution is -0.117. The second kappa shape index (κ2) is 6.49. The summed E-state index contributed by atoms with van der Waals surface area (Å²) in [5.41, 5.74) is 6.48. The summed E-state index contributed by atoms with van der Waals surface area (Å²) >= 11 is 7.24. The van der Waals surface area contributed by atoms with E-state index in [9.17, 15) is 9.59 Å². The maximum atomic E-state index is 11.7. The summed E-state index contributed by atoms with van der Waals surface area (Å²) in [6, 6.07) is 8.33. The molecule has 0 atom stereocenters. The molecule has 2 amide bonds. The van der Waals surface area contributed by atoms with Crippen molar-refractivity contribution >= 4 is 40.9 Å². The Kier molecular flexibility index (Phi) is 4.70. The number of amides is 2. The minimum atomic E-state index is -0.455. The van der Waals surface area contributed by atoms with Crippen LogP contribution in [0.2, 0.25) is 5.02 Å². The SMILES string of the molecule is Nc1ccc(SCC(=O)NC(=O)c2ccc[nH]2)c(Cl)c1. The number of carbonyl (C=O) groups excluding carboxylic acids is 2. The van der Waals surface area contributed by atoms with Crippen LogP contribution in [0.3, 0.4) is 0 Å². The van der Waals surface area contributed by atoms with E-state index in [0.717, 1.165) is 4.90 Å². The second-order valence-corrected chi connectivity index (χ2v) is 5.36. The molecule has 0 saturated heterocycles. The van der Waals surface area contributed by atoms with Crippen LogP contribution in [0.1, 0.15) is 10.5 Å². The highest BCUT2D eigenvalue weighted by molar-refractivity contribution is 8.00. The Labute approximate surface area is 124 Å². The second-order valence-electron chi connectivity index (χ2n) is 3.94. The molecule has 5 nitrogen and oxygen atoms in total. The molecule has 1 aromatic heterocycles. The third-order valence-electron chi connectivity index (χ3n) is 2.41. The largest absolute Gasteiger partial charge is 0.399 e. The van der Waals surface area contributed by atoms with Gasteiger partial charge < -0.3 is 10.7 Å². The van der Waals surface area contributed by atoms with E-state index >= 15 is 0 Å². The number of nitrogens with two attached hydrogens (primary N) is 1. The molecule has 0 radical (unpaired) electrons. The Balaban J connectivity index is 1.88. The van der Waals surface area contributed by atoms with Crippen LogP contribution in [0.25, 0.3) is 0 Å². The maximum Gasteiger partial charge on any atom is 0.274 e. The highest BCUT2D eigenvalue weighted by Gasteiger charge is 2.12. The summed E-state index contributed by atoms with van der Waals surface area (Å²) in [5, 5.41) is 2.77. The van der Waals surface area contributed by atoms with Gasteiger partial charge in [-0.3, -0.25) is 14.9 Å². The van der Waals surface area contributed by atoms with E-state index in [1.807, 2.05) is 0 Å². The van der Waals surface area contributed by atoms with Gasteiger partial charge in [0.05, 0.1) is 10.8 Å². The highest BCUT2D eigenvalue weighted by atomic mass is 35.5. The number of nitrogen functional groups attached to an aromatic ring is 1. The van der Waals surface area contributed by atoms with Crippen LogP contribution in [0.15, 0.2) is 41.4 Å². The fraction of sp³-hybridized carbons (Fsp3) is 0.0769. The van der Waals surface area contributed by atoms with Gasteiger partial charge >= 0.3 is 0 Å². The van der Waals surface area contributed by atoms with E-state index in [1.54, 1.807) is 36.5 Å². The zero-order valence-corrected chi connectivity index (χ0v) is 11.9. The molecule has 20 heavy (non-hydrogen) atoms. The Morgan fingerprint density at radius 1 is 1.35 bits per heavy atom. The van der Waals surface area contributed by atoms with Crippen LogP contribution in [-0.2, 0) is 4.79 Å². The number of rotatable bonds is 4. The number of benzene rings is 1. The van der Waals surface area contributed by atoms with E-state index in [0.29, 0.717) is 16.4 Å². The molecule has 0 saturated carbocycles. The molecule has 0 aliphatic rings. The third-order valence-corrected chi connectivity index (χ3v) is 3.91. The number of anilines is 1. The molecule has 0 spiro atoms. The first-order valence-electron chi connectivity index (χ1n) is 5.71. The van der Waals surface area contributed by atoms with Crippen LogP contribution in [-0.4, -0.2) is 22.6 Å². The van der Waals surface area contributed by atoms with Crippen LogP contribution < -0.4 is 11.1 Å². The summed E-state index contributed by atoms with van der Waals surface area (Å²) < 4.78 is 0. The summed E-state index contributed by atoms with van der Waals surface area (Å²) in [6.07, 6.45) is 1.61. The number of imide groups is 1. The van der Waals surface area contributed by atoms with Gasteiger partial charge in [0.25, 0.3) is 5.91 Å². The van der Waals surface area contributed by atoms with Crippen molar-refractivity contribution < 1.29 is 9.59 Å². The number of nitrogens with one attached hydrogen (secondary N) is 2. The fourth-order valence-electron chi connectivity index (χ4n) is 1.48. The lowest BCUT2D eigenvalue weighted by Crippen LogP contribution is -2.32. The lowest BCUT2D eigenvalue weighted by atomic mass is 10.3. The van der Waals surface area contributed by atoms with Gasteiger partial charge in [-0.15, -0.1) is 11.8 Å². The van der Waals surface area contributed by atoms with E-state index < -0.39 is 5.91 Å². The van der Waals surface area contributed by atoms with Gasteiger partial charge in [-0.1, -0.05) is 11.6 Å². The summed E-state index contributed by atoms with van der Waals surface area (Å²) in [7, 11) is 0. The van der Waals surface area contributed by atoms with Gasteiger partial charge in [-0.2, -0.15) is 0 Å². The number of hydrogen-bond donors (Lipinski definition) is 3. The van der Waals surface area contributed by atoms with Crippen molar-refractivity contribution in [2.24, 2.45) is 0 Å². The number of halogens is 1. The lowest BCUT2D eigenvalue weighted by Gasteiger charge is -2.05. The molecular formula is C13H12ClN3O2S. The molecule has 1 aromatic carbocycles. The number of H-pyrrole nitrogens is 1. The molecule has 104 valence electrons. The first kappa shape index (κ1) is 14.5. The Morgan fingerprint density at radius 3 is 2.80 bits per heavy atom. The molecule has 1 heterocycles. The van der Waals surface area contributed by atoms with Crippen LogP contribution in [0.4, 0.5) is 5.69 Å². The molecule has 0 unspecified atom stereocenters. The van der Waals surface area contributed by atoms with E-state index in [4.69, 9.17) is 17.3 Å². The Bertz CT molecular complexity index is 629. The van der Waals surface area contributed by atoms with Crippen LogP contribution in [0, 0.1) is 0 Å². The predicted molar refractivity (Wildman–Crippen MR) is 79.9 cm³/mol. The van der Waals surface area contributed by atoms with Gasteiger partial charge in [-0.25, -0.2) is 0 Å². The van der Waals surface area contributed by atoms with Crippen LogP contribution >= 0.6 is 23.4 Å². The van der Waals surface area contributed by atoms with Gasteiger partial charge in [0.1, 0.15) is 5.69 Å². The number of aromatic nitrogens is 1. The maximum absolute atomic E-state index is 11.7. The molecule has 4 N–H and O–H groups in total. The Morgan fingerprint density at radius 2 is 2.15 bits per heavy atom. The van der Waals surface area contributed by atoms with E-state index in [-0.39, 0.29) is 11.7 Å². The number of hydrogen-bond acceptors (Lipinski definition) is 4. The molecule has 7 heteroatoms. The molecule has 0 aliphatic carbocycles. The normalized spacial score (nSPS) is 10.2. The van der Waals surface area contributed by atoms with Crippen molar-refractivity contribution in [3.05, 3.63) is 47.2 Å². The van der Waals surface area contributed by atoms with Crippen molar-refractivity contribution in [1.29, 1.82) is 0 Å². The molecule has 2 aromatic rings. The van der Waals surface area contributed by atoms with E-state index in [1.165, 1.54) is 11.8 Å². The Hall–Kier alpha value is -1.92. The minimum absolute atomic E-state index is 0.0933. The molecule has 0 bridgehead atoms. The van der Waals surface area contributed by atoms with Gasteiger partial charge in [0.2, 0.25) is 5.91 Å². The van der Waals surface area contributed by atoms with E-state index in [2.05, 4.69) is 10.3 Å². The molecule has 0 aliphatic heterocycles. The van der Waals surface area contributed by atoms with Crippen LogP contribution in [0.5, 0.6) is 0 Å². The number of carbonyl (C=O) groups is 2. The van der Waals surface area contributed by atoms with Crippen molar-refractivity contribution in [3.8, 4) is 0 Å². The quantitative estimate of drug-likeness (QED) is 0.597. The zero-order chi connectivity index (χ0) is 14.5. The minimum Gasteiger partial charge on any atom is -0.399 e. The van der Waals surface area contributed by atoms with Crippen molar-refractivity contribution in [2.75, 3.05) is 11.5 Å². The first-order chi connectivity index (χ1) is 9.56. The topological polar surface area (TPSA) is 88.0 Å². The first-order valence-corrected chi connectivity index (χ1v) is 7.08. The molecular weight excluding hydrogens is 298 g/mol. The highest BCUT2D eigenvalue weighted by Crippen LogP contribution is 2.28. The van der Waals surface area contributed by atoms with Gasteiger partial charge in [0, 0.05) is 16.8 Å². The average molecular weight is 310 g/mol. The van der Waals surface area contributed by atoms with Crippen molar-refractivity contribution in [1.82, 2.24) is 10.3 Å². The summed E-state index contributed by atoms with van der Waals surface area (Å²) in [4.78, 5) is 26.8. The fourth-order valence-corrected chi connectivity index (χ4v) is 2.55. The number of aromatic amines is 1. The van der Waals surface area contributed by atoms with Gasteiger partial charge in [0.15, 0.2) is 0 Å². The molecule has 2 rings (SSSR count). The summed E-state index contributed by atoms with van der Waals surface area (Å²) in [5.74, 6) is -0.748. The smallest absolute Gasteiger partial charge is 0.274 e. The predicted octanol–water partition coefficient (Wildman–Crippen LogP) is 2.30. The van der Waals surface area contributed by atoms with Crippen molar-refractivity contribution in [3.63, 3.8) is 0 Å². The third kappa shape index (κ3) is 3.79. The van der Waals surface area contributed by atoms with Crippen molar-refractivity contribution in [2.45, 2.75) is 4.90 Å².